The molecule has 1 heterocycles. The summed E-state index contributed by atoms with van der Waals surface area (Å²) in [5.41, 5.74) is 3.63. The Hall–Kier alpha value is -1.88. The lowest BCUT2D eigenvalue weighted by atomic mass is 9.99. The first-order valence-electron chi connectivity index (χ1n) is 10.5. The summed E-state index contributed by atoms with van der Waals surface area (Å²) >= 11 is 0. The lowest BCUT2D eigenvalue weighted by molar-refractivity contribution is 0.0907. The van der Waals surface area contributed by atoms with Crippen molar-refractivity contribution in [3.05, 3.63) is 65.2 Å². The lowest BCUT2D eigenvalue weighted by Gasteiger charge is -2.31. The number of ether oxygens (including phenoxy) is 1. The van der Waals surface area contributed by atoms with Crippen molar-refractivity contribution in [3.63, 3.8) is 0 Å². The van der Waals surface area contributed by atoms with Gasteiger partial charge in [0, 0.05) is 19.6 Å². The van der Waals surface area contributed by atoms with Gasteiger partial charge in [0.2, 0.25) is 0 Å². The molecular formula is C24H34N2O2. The molecule has 1 atom stereocenters. The van der Waals surface area contributed by atoms with Crippen LogP contribution in [-0.2, 0) is 13.2 Å². The molecule has 4 nitrogen and oxygen atoms in total. The van der Waals surface area contributed by atoms with Crippen LogP contribution in [0.3, 0.4) is 0 Å². The average Bonchev–Trinajstić information content (AvgIpc) is 2.70. The molecule has 4 heteroatoms. The van der Waals surface area contributed by atoms with Gasteiger partial charge in [-0.2, -0.15) is 0 Å². The van der Waals surface area contributed by atoms with Gasteiger partial charge in [-0.3, -0.25) is 0 Å². The highest BCUT2D eigenvalue weighted by atomic mass is 16.5. The van der Waals surface area contributed by atoms with Crippen LogP contribution in [0.15, 0.2) is 48.5 Å². The maximum atomic E-state index is 10.3. The van der Waals surface area contributed by atoms with Gasteiger partial charge in [-0.05, 0) is 62.0 Å². The zero-order valence-electron chi connectivity index (χ0n) is 17.2. The van der Waals surface area contributed by atoms with E-state index in [-0.39, 0.29) is 6.10 Å². The molecule has 1 aliphatic rings. The normalized spacial score (nSPS) is 16.8. The quantitative estimate of drug-likeness (QED) is 0.693. The van der Waals surface area contributed by atoms with E-state index < -0.39 is 0 Å². The Bertz CT molecular complexity index is 692. The van der Waals surface area contributed by atoms with E-state index in [1.54, 1.807) is 0 Å². The first-order chi connectivity index (χ1) is 13.6. The van der Waals surface area contributed by atoms with Crippen molar-refractivity contribution in [1.29, 1.82) is 0 Å². The summed E-state index contributed by atoms with van der Waals surface area (Å²) in [5, 5.41) is 13.6. The smallest absolute Gasteiger partial charge is 0.119 e. The summed E-state index contributed by atoms with van der Waals surface area (Å²) in [6.07, 6.45) is 2.18. The number of nitrogens with zero attached hydrogens (tertiary/aromatic N) is 1. The molecule has 0 spiro atoms. The first-order valence-corrected chi connectivity index (χ1v) is 10.5. The van der Waals surface area contributed by atoms with E-state index in [0.29, 0.717) is 13.2 Å². The molecule has 2 aromatic carbocycles. The van der Waals surface area contributed by atoms with Crippen LogP contribution < -0.4 is 10.1 Å². The highest BCUT2D eigenvalue weighted by Gasteiger charge is 2.17. The molecule has 1 saturated heterocycles. The molecule has 0 bridgehead atoms. The number of hydrogen-bond donors (Lipinski definition) is 2. The molecule has 2 aromatic rings. The van der Waals surface area contributed by atoms with Crippen LogP contribution in [0.2, 0.25) is 0 Å². The number of β-amino-alcohol motifs (C(OH)–C–C–N with tert-alkyl or cyclic N) is 1. The van der Waals surface area contributed by atoms with E-state index in [1.807, 2.05) is 12.1 Å². The second-order valence-corrected chi connectivity index (χ2v) is 8.19. The fourth-order valence-corrected chi connectivity index (χ4v) is 3.54. The SMILES string of the molecule is Cc1ccc(COc2ccc(CNCC(O)CN3CCC(C)CC3)cc2)cc1. The van der Waals surface area contributed by atoms with Crippen LogP contribution in [0, 0.1) is 12.8 Å². The van der Waals surface area contributed by atoms with Gasteiger partial charge in [0.25, 0.3) is 0 Å². The van der Waals surface area contributed by atoms with Crippen LogP contribution in [0.1, 0.15) is 36.5 Å². The van der Waals surface area contributed by atoms with Gasteiger partial charge in [0.1, 0.15) is 12.4 Å². The summed E-state index contributed by atoms with van der Waals surface area (Å²) in [4.78, 5) is 2.38. The van der Waals surface area contributed by atoms with Gasteiger partial charge in [-0.1, -0.05) is 48.9 Å². The van der Waals surface area contributed by atoms with Crippen LogP contribution in [0.4, 0.5) is 0 Å². The van der Waals surface area contributed by atoms with Crippen molar-refractivity contribution in [2.24, 2.45) is 5.92 Å². The fourth-order valence-electron chi connectivity index (χ4n) is 3.54. The number of benzene rings is 2. The summed E-state index contributed by atoms with van der Waals surface area (Å²) in [6.45, 7) is 9.36. The Morgan fingerprint density at radius 1 is 1.04 bits per heavy atom. The van der Waals surface area contributed by atoms with Crippen molar-refractivity contribution >= 4 is 0 Å². The van der Waals surface area contributed by atoms with Gasteiger partial charge >= 0.3 is 0 Å². The van der Waals surface area contributed by atoms with Crippen molar-refractivity contribution in [2.45, 2.75) is 45.9 Å². The number of likely N-dealkylation sites (tertiary alicyclic amines) is 1. The molecule has 152 valence electrons. The van der Waals surface area contributed by atoms with E-state index in [4.69, 9.17) is 4.74 Å². The largest absolute Gasteiger partial charge is 0.489 e. The maximum absolute atomic E-state index is 10.3. The van der Waals surface area contributed by atoms with Crippen molar-refractivity contribution in [2.75, 3.05) is 26.2 Å². The molecular weight excluding hydrogens is 348 g/mol. The van der Waals surface area contributed by atoms with Gasteiger partial charge in [-0.25, -0.2) is 0 Å². The third-order valence-corrected chi connectivity index (χ3v) is 5.50. The minimum atomic E-state index is -0.314. The molecule has 0 amide bonds. The average molecular weight is 383 g/mol. The van der Waals surface area contributed by atoms with Gasteiger partial charge in [-0.15, -0.1) is 0 Å². The van der Waals surface area contributed by atoms with Crippen LogP contribution in [-0.4, -0.2) is 42.3 Å². The number of piperidine rings is 1. The second kappa shape index (κ2) is 10.6. The van der Waals surface area contributed by atoms with Crippen molar-refractivity contribution in [3.8, 4) is 5.75 Å². The Kier molecular flexibility index (Phi) is 7.90. The molecule has 28 heavy (non-hydrogen) atoms. The third kappa shape index (κ3) is 6.93. The number of aliphatic hydroxyl groups excluding tert-OH is 1. The number of nitrogens with one attached hydrogen (secondary N) is 1. The summed E-state index contributed by atoms with van der Waals surface area (Å²) < 4.78 is 5.86. The zero-order chi connectivity index (χ0) is 19.8. The van der Waals surface area contributed by atoms with Gasteiger partial charge in [0.15, 0.2) is 0 Å². The monoisotopic (exact) mass is 382 g/mol. The Balaban J connectivity index is 1.34. The summed E-state index contributed by atoms with van der Waals surface area (Å²) in [5.74, 6) is 1.71. The lowest BCUT2D eigenvalue weighted by Crippen LogP contribution is -2.41. The van der Waals surface area contributed by atoms with E-state index in [0.717, 1.165) is 37.8 Å². The third-order valence-electron chi connectivity index (χ3n) is 5.50. The molecule has 1 fully saturated rings. The van der Waals surface area contributed by atoms with Gasteiger partial charge in [0.05, 0.1) is 6.10 Å². The Morgan fingerprint density at radius 2 is 1.68 bits per heavy atom. The number of aliphatic hydroxyl groups is 1. The molecule has 0 radical (unpaired) electrons. The summed E-state index contributed by atoms with van der Waals surface area (Å²) in [6, 6.07) is 16.6. The van der Waals surface area contributed by atoms with E-state index in [1.165, 1.54) is 29.5 Å². The fraction of sp³-hybridized carbons (Fsp3) is 0.500. The van der Waals surface area contributed by atoms with Crippen LogP contribution in [0.5, 0.6) is 5.75 Å². The topological polar surface area (TPSA) is 44.7 Å². The van der Waals surface area contributed by atoms with E-state index in [9.17, 15) is 5.11 Å². The highest BCUT2D eigenvalue weighted by Crippen LogP contribution is 2.16. The zero-order valence-corrected chi connectivity index (χ0v) is 17.2. The molecule has 1 unspecified atom stereocenters. The predicted molar refractivity (Wildman–Crippen MR) is 115 cm³/mol. The Morgan fingerprint density at radius 3 is 2.36 bits per heavy atom. The standard InChI is InChI=1S/C24H34N2O2/c1-19-3-5-22(6-4-19)18-28-24-9-7-21(8-10-24)15-25-16-23(27)17-26-13-11-20(2)12-14-26/h3-10,20,23,25,27H,11-18H2,1-2H3. The molecule has 0 saturated carbocycles. The van der Waals surface area contributed by atoms with Crippen LogP contribution in [0.25, 0.3) is 0 Å². The number of hydrogen-bond acceptors (Lipinski definition) is 4. The summed E-state index contributed by atoms with van der Waals surface area (Å²) in [7, 11) is 0. The number of aryl methyl sites for hydroxylation is 1. The minimum absolute atomic E-state index is 0.314. The molecule has 0 aromatic heterocycles. The number of rotatable bonds is 9. The Labute approximate surface area is 169 Å². The van der Waals surface area contributed by atoms with E-state index in [2.05, 4.69) is 60.5 Å². The first kappa shape index (κ1) is 20.8. The van der Waals surface area contributed by atoms with Gasteiger partial charge < -0.3 is 20.1 Å². The predicted octanol–water partition coefficient (Wildman–Crippen LogP) is 3.76. The van der Waals surface area contributed by atoms with Crippen LogP contribution >= 0.6 is 0 Å². The highest BCUT2D eigenvalue weighted by molar-refractivity contribution is 5.28. The molecule has 2 N–H and O–H groups in total. The maximum Gasteiger partial charge on any atom is 0.119 e. The molecule has 3 rings (SSSR count). The van der Waals surface area contributed by atoms with Crippen molar-refractivity contribution < 1.29 is 9.84 Å². The molecule has 0 aliphatic carbocycles. The van der Waals surface area contributed by atoms with E-state index >= 15 is 0 Å². The second-order valence-electron chi connectivity index (χ2n) is 8.19. The minimum Gasteiger partial charge on any atom is -0.489 e. The van der Waals surface area contributed by atoms with Crippen molar-refractivity contribution in [1.82, 2.24) is 10.2 Å². The molecule has 1 aliphatic heterocycles.